The molecule has 4 heteroatoms. The number of nitrogens with zero attached hydrogens (tertiary/aromatic N) is 1. The van der Waals surface area contributed by atoms with Gasteiger partial charge in [-0.3, -0.25) is 0 Å². The third kappa shape index (κ3) is 4.68. The third-order valence-corrected chi connectivity index (χ3v) is 6.99. The minimum absolute atomic E-state index is 0.263. The second-order valence-corrected chi connectivity index (χ2v) is 14.9. The summed E-state index contributed by atoms with van der Waals surface area (Å²) in [5.41, 5.74) is 3.48. The second-order valence-electron chi connectivity index (χ2n) is 7.84. The Kier molecular flexibility index (Phi) is 6.20. The van der Waals surface area contributed by atoms with Crippen LogP contribution in [-0.4, -0.2) is 4.57 Å². The van der Waals surface area contributed by atoms with E-state index < -0.39 is 5.82 Å². The van der Waals surface area contributed by atoms with Gasteiger partial charge >= 0.3 is 177 Å². The molecule has 137 valence electrons. The molecule has 0 aliphatic carbocycles. The molecule has 0 aliphatic rings. The molecule has 0 fully saturated rings. The number of hydrogen-bond donors (Lipinski definition) is 0. The molecule has 3 aromatic rings. The van der Waals surface area contributed by atoms with Crippen molar-refractivity contribution in [2.75, 3.05) is 0 Å². The fraction of sp³-hybridized carbons (Fsp3) is 0.304. The Morgan fingerprint density at radius 1 is 1.04 bits per heavy atom. The molecular formula is C23H24F2HgN. The Hall–Kier alpha value is -1.48. The molecule has 0 spiro atoms. The van der Waals surface area contributed by atoms with Crippen LogP contribution in [0.2, 0.25) is 2.92 Å². The van der Waals surface area contributed by atoms with Crippen LogP contribution in [0.25, 0.3) is 11.1 Å². The SMILES string of the molecule is CCC(c1cc(-c2cc(F)ccc2F)cn1Cc1ccccc1)[C](C)(C)[Hg]. The summed E-state index contributed by atoms with van der Waals surface area (Å²) in [6.07, 6.45) is 3.00. The van der Waals surface area contributed by atoms with Crippen molar-refractivity contribution in [3.63, 3.8) is 0 Å². The molecule has 1 aromatic heterocycles. The maximum atomic E-state index is 14.4. The molecule has 1 nitrogen and oxygen atoms in total. The fourth-order valence-electron chi connectivity index (χ4n) is 3.77. The number of halogens is 2. The predicted molar refractivity (Wildman–Crippen MR) is 102 cm³/mol. The van der Waals surface area contributed by atoms with Crippen molar-refractivity contribution in [3.8, 4) is 11.1 Å². The van der Waals surface area contributed by atoms with E-state index >= 15 is 0 Å². The van der Waals surface area contributed by atoms with Gasteiger partial charge in [-0.25, -0.2) is 0 Å². The summed E-state index contributed by atoms with van der Waals surface area (Å²) < 4.78 is 30.6. The summed E-state index contributed by atoms with van der Waals surface area (Å²) in [5, 5.41) is 0. The molecular weight excluding hydrogens is 529 g/mol. The van der Waals surface area contributed by atoms with Crippen molar-refractivity contribution < 1.29 is 34.9 Å². The predicted octanol–water partition coefficient (Wildman–Crippen LogP) is 6.72. The first-order valence-corrected chi connectivity index (χ1v) is 12.1. The zero-order chi connectivity index (χ0) is 19.6. The normalized spacial score (nSPS) is 13.0. The van der Waals surface area contributed by atoms with Crippen LogP contribution >= 0.6 is 0 Å². The van der Waals surface area contributed by atoms with Gasteiger partial charge in [0.05, 0.1) is 0 Å². The molecule has 0 bridgehead atoms. The van der Waals surface area contributed by atoms with E-state index in [0.717, 1.165) is 18.5 Å². The fourth-order valence-corrected chi connectivity index (χ4v) is 5.70. The summed E-state index contributed by atoms with van der Waals surface area (Å²) in [6, 6.07) is 16.0. The van der Waals surface area contributed by atoms with E-state index in [4.69, 9.17) is 0 Å². The summed E-state index contributed by atoms with van der Waals surface area (Å²) >= 11 is 0.587. The zero-order valence-corrected chi connectivity index (χ0v) is 21.7. The van der Waals surface area contributed by atoms with Gasteiger partial charge in [0.1, 0.15) is 0 Å². The summed E-state index contributed by atoms with van der Waals surface area (Å²) in [7, 11) is 0. The van der Waals surface area contributed by atoms with E-state index in [0.29, 0.717) is 37.6 Å². The Morgan fingerprint density at radius 3 is 2.37 bits per heavy atom. The van der Waals surface area contributed by atoms with Crippen molar-refractivity contribution in [2.24, 2.45) is 0 Å². The Bertz CT molecular complexity index is 910. The van der Waals surface area contributed by atoms with E-state index in [1.165, 1.54) is 29.5 Å². The molecule has 0 aliphatic heterocycles. The van der Waals surface area contributed by atoms with Crippen molar-refractivity contribution >= 4 is 0 Å². The van der Waals surface area contributed by atoms with Crippen LogP contribution in [0.15, 0.2) is 60.8 Å². The Balaban J connectivity index is 2.12. The van der Waals surface area contributed by atoms with E-state index in [9.17, 15) is 8.78 Å². The van der Waals surface area contributed by atoms with Crippen LogP contribution in [-0.2, 0) is 32.7 Å². The maximum absolute atomic E-state index is 14.4. The zero-order valence-electron chi connectivity index (χ0n) is 16.2. The molecule has 27 heavy (non-hydrogen) atoms. The Morgan fingerprint density at radius 2 is 1.74 bits per heavy atom. The molecule has 1 heterocycles. The molecule has 0 radical (unpaired) electrons. The van der Waals surface area contributed by atoms with Gasteiger partial charge in [-0.05, 0) is 0 Å². The quantitative estimate of drug-likeness (QED) is 0.299. The molecule has 0 amide bonds. The van der Waals surface area contributed by atoms with Crippen LogP contribution in [0.3, 0.4) is 0 Å². The van der Waals surface area contributed by atoms with Gasteiger partial charge in [0, 0.05) is 0 Å². The standard InChI is InChI=1S/C23H24F2N.Hg/c1-4-20(16(2)3)23-12-18(21-13-19(24)10-11-22(21)25)15-26(23)14-17-8-6-5-7-9-17;/h5-13,15,20H,4,14H2,1-3H3;. The molecule has 3 rings (SSSR count). The molecule has 1 unspecified atom stereocenters. The van der Waals surface area contributed by atoms with Gasteiger partial charge in [0.2, 0.25) is 0 Å². The van der Waals surface area contributed by atoms with Gasteiger partial charge in [0.25, 0.3) is 0 Å². The Labute approximate surface area is 176 Å². The van der Waals surface area contributed by atoms with E-state index in [2.05, 4.69) is 43.5 Å². The van der Waals surface area contributed by atoms with Crippen molar-refractivity contribution in [1.82, 2.24) is 4.57 Å². The van der Waals surface area contributed by atoms with E-state index in [1.807, 2.05) is 24.4 Å². The van der Waals surface area contributed by atoms with Crippen LogP contribution in [0, 0.1) is 11.6 Å². The van der Waals surface area contributed by atoms with Crippen LogP contribution in [0.4, 0.5) is 8.78 Å². The minimum atomic E-state index is -0.415. The summed E-state index contributed by atoms with van der Waals surface area (Å²) in [5.74, 6) is -0.404. The first kappa shape index (κ1) is 20.3. The molecule has 0 N–H and O–H groups in total. The number of benzene rings is 2. The van der Waals surface area contributed by atoms with Gasteiger partial charge in [-0.15, -0.1) is 0 Å². The van der Waals surface area contributed by atoms with Gasteiger partial charge in [0.15, 0.2) is 0 Å². The number of aromatic nitrogens is 1. The van der Waals surface area contributed by atoms with Crippen LogP contribution in [0.5, 0.6) is 0 Å². The number of hydrogen-bond acceptors (Lipinski definition) is 0. The van der Waals surface area contributed by atoms with Crippen molar-refractivity contribution in [2.45, 2.75) is 42.6 Å². The summed E-state index contributed by atoms with van der Waals surface area (Å²) in [4.78, 5) is 0. The van der Waals surface area contributed by atoms with Crippen LogP contribution < -0.4 is 0 Å². The average Bonchev–Trinajstić information content (AvgIpc) is 3.00. The van der Waals surface area contributed by atoms with Gasteiger partial charge in [-0.2, -0.15) is 0 Å². The van der Waals surface area contributed by atoms with E-state index in [-0.39, 0.29) is 8.74 Å². The number of rotatable bonds is 6. The van der Waals surface area contributed by atoms with Crippen LogP contribution in [0.1, 0.15) is 44.4 Å². The summed E-state index contributed by atoms with van der Waals surface area (Å²) in [6.45, 7) is 7.56. The second kappa shape index (κ2) is 8.26. The topological polar surface area (TPSA) is 4.93 Å². The first-order chi connectivity index (χ1) is 12.8. The van der Waals surface area contributed by atoms with Crippen molar-refractivity contribution in [3.05, 3.63) is 83.7 Å². The van der Waals surface area contributed by atoms with E-state index in [1.54, 1.807) is 0 Å². The van der Waals surface area contributed by atoms with Gasteiger partial charge in [-0.1, -0.05) is 0 Å². The molecule has 0 saturated carbocycles. The average molecular weight is 553 g/mol. The molecule has 0 saturated heterocycles. The third-order valence-electron chi connectivity index (χ3n) is 5.07. The monoisotopic (exact) mass is 554 g/mol. The van der Waals surface area contributed by atoms with Gasteiger partial charge < -0.3 is 0 Å². The molecule has 1 atom stereocenters. The van der Waals surface area contributed by atoms with Crippen molar-refractivity contribution in [1.29, 1.82) is 0 Å². The molecule has 2 aromatic carbocycles. The first-order valence-electron chi connectivity index (χ1n) is 9.34.